The van der Waals surface area contributed by atoms with Gasteiger partial charge in [0.25, 0.3) is 0 Å². The molecule has 0 bridgehead atoms. The molecule has 3 heterocycles. The van der Waals surface area contributed by atoms with Crippen molar-refractivity contribution in [2.75, 3.05) is 13.1 Å². The summed E-state index contributed by atoms with van der Waals surface area (Å²) in [4.78, 5) is 9.05. The molecule has 1 fully saturated rings. The lowest BCUT2D eigenvalue weighted by atomic mass is 10.1. The highest BCUT2D eigenvalue weighted by atomic mass is 19.4. The standard InChI is InChI=1S/C26H25F8N5/c1-14-9-15(2)20(16(3)10-14)39-22-18(5-4-8-35-22)38-19(21(25(29,30)31)36-23(38)39)12-37(11-17-6-7-17)13-24(27,28)26(32,33)34/h4-5,8-10,17H,6-7,11-13H2,1-3H3. The number of fused-ring (bicyclic) bond motifs is 3. The van der Waals surface area contributed by atoms with E-state index in [4.69, 9.17) is 0 Å². The molecule has 1 aliphatic carbocycles. The molecule has 5 nitrogen and oxygen atoms in total. The molecule has 0 radical (unpaired) electrons. The SMILES string of the molecule is Cc1cc(C)c(-n2c3ncccc3n3c(CN(CC4CC4)CC(F)(F)C(F)(F)F)c(C(F)(F)F)nc23)c(C)c1. The minimum Gasteiger partial charge on any atom is -0.291 e. The largest absolute Gasteiger partial charge is 0.454 e. The van der Waals surface area contributed by atoms with Gasteiger partial charge in [-0.05, 0) is 62.8 Å². The zero-order valence-corrected chi connectivity index (χ0v) is 21.3. The van der Waals surface area contributed by atoms with Crippen LogP contribution in [0.2, 0.25) is 0 Å². The summed E-state index contributed by atoms with van der Waals surface area (Å²) < 4.78 is 113. The lowest BCUT2D eigenvalue weighted by Gasteiger charge is -2.28. The van der Waals surface area contributed by atoms with E-state index in [0.717, 1.165) is 21.6 Å². The van der Waals surface area contributed by atoms with E-state index >= 15 is 0 Å². The number of rotatable bonds is 7. The van der Waals surface area contributed by atoms with Gasteiger partial charge in [0.1, 0.15) is 0 Å². The van der Waals surface area contributed by atoms with E-state index in [1.807, 2.05) is 19.1 Å². The fourth-order valence-electron chi connectivity index (χ4n) is 5.21. The van der Waals surface area contributed by atoms with Crippen LogP contribution in [0, 0.1) is 26.7 Å². The zero-order chi connectivity index (χ0) is 28.5. The highest BCUT2D eigenvalue weighted by Crippen LogP contribution is 2.40. The van der Waals surface area contributed by atoms with Crippen LogP contribution in [0.1, 0.15) is 40.9 Å². The van der Waals surface area contributed by atoms with Gasteiger partial charge in [0.05, 0.1) is 23.4 Å². The molecule has 210 valence electrons. The number of aromatic nitrogens is 4. The van der Waals surface area contributed by atoms with Crippen molar-refractivity contribution in [2.24, 2.45) is 5.92 Å². The number of halogens is 8. The molecular formula is C26H25F8N5. The predicted molar refractivity (Wildman–Crippen MR) is 128 cm³/mol. The Morgan fingerprint density at radius 2 is 1.62 bits per heavy atom. The van der Waals surface area contributed by atoms with Crippen LogP contribution in [0.5, 0.6) is 0 Å². The fourth-order valence-corrected chi connectivity index (χ4v) is 5.21. The summed E-state index contributed by atoms with van der Waals surface area (Å²) in [5, 5.41) is 0. The predicted octanol–water partition coefficient (Wildman–Crippen LogP) is 7.03. The monoisotopic (exact) mass is 559 g/mol. The van der Waals surface area contributed by atoms with Gasteiger partial charge in [-0.15, -0.1) is 0 Å². The molecular weight excluding hydrogens is 534 g/mol. The average molecular weight is 560 g/mol. The van der Waals surface area contributed by atoms with Gasteiger partial charge in [-0.2, -0.15) is 35.1 Å². The Labute approximate surface area is 218 Å². The molecule has 0 spiro atoms. The maximum atomic E-state index is 14.3. The minimum atomic E-state index is -5.84. The van der Waals surface area contributed by atoms with E-state index in [1.165, 1.54) is 27.3 Å². The van der Waals surface area contributed by atoms with Crippen LogP contribution in [0.15, 0.2) is 30.5 Å². The number of hydrogen-bond acceptors (Lipinski definition) is 3. The maximum absolute atomic E-state index is 14.3. The second kappa shape index (κ2) is 9.17. The van der Waals surface area contributed by atoms with Gasteiger partial charge in [0.2, 0.25) is 5.78 Å². The van der Waals surface area contributed by atoms with Crippen molar-refractivity contribution >= 4 is 16.9 Å². The Morgan fingerprint density at radius 3 is 2.18 bits per heavy atom. The Balaban J connectivity index is 1.75. The van der Waals surface area contributed by atoms with Crippen LogP contribution in [0.25, 0.3) is 22.6 Å². The quantitative estimate of drug-likeness (QED) is 0.228. The molecule has 0 amide bonds. The van der Waals surface area contributed by atoms with Crippen LogP contribution in [0.4, 0.5) is 35.1 Å². The van der Waals surface area contributed by atoms with Crippen molar-refractivity contribution < 1.29 is 35.1 Å². The summed E-state index contributed by atoms with van der Waals surface area (Å²) >= 11 is 0. The van der Waals surface area contributed by atoms with E-state index in [0.29, 0.717) is 18.5 Å². The van der Waals surface area contributed by atoms with E-state index in [2.05, 4.69) is 9.97 Å². The molecule has 0 saturated heterocycles. The van der Waals surface area contributed by atoms with E-state index in [1.54, 1.807) is 13.8 Å². The van der Waals surface area contributed by atoms with Crippen molar-refractivity contribution in [1.29, 1.82) is 0 Å². The molecule has 3 aromatic heterocycles. The van der Waals surface area contributed by atoms with Crippen LogP contribution >= 0.6 is 0 Å². The highest BCUT2D eigenvalue weighted by molar-refractivity contribution is 5.81. The number of imidazole rings is 2. The summed E-state index contributed by atoms with van der Waals surface area (Å²) in [6.07, 6.45) is -8.15. The Hall–Kier alpha value is -3.22. The first-order valence-electron chi connectivity index (χ1n) is 12.3. The lowest BCUT2D eigenvalue weighted by molar-refractivity contribution is -0.287. The van der Waals surface area contributed by atoms with Gasteiger partial charge in [-0.25, -0.2) is 9.97 Å². The third kappa shape index (κ3) is 4.96. The van der Waals surface area contributed by atoms with Crippen LogP contribution in [0.3, 0.4) is 0 Å². The van der Waals surface area contributed by atoms with Crippen LogP contribution in [-0.4, -0.2) is 49.0 Å². The van der Waals surface area contributed by atoms with Gasteiger partial charge < -0.3 is 0 Å². The van der Waals surface area contributed by atoms with Gasteiger partial charge in [0.15, 0.2) is 11.3 Å². The third-order valence-electron chi connectivity index (χ3n) is 6.92. The zero-order valence-electron chi connectivity index (χ0n) is 21.3. The summed E-state index contributed by atoms with van der Waals surface area (Å²) in [6.45, 7) is 2.72. The minimum absolute atomic E-state index is 0.157. The number of aryl methyl sites for hydroxylation is 3. The fraction of sp³-hybridized carbons (Fsp3) is 0.462. The van der Waals surface area contributed by atoms with Gasteiger partial charge in [-0.3, -0.25) is 13.9 Å². The molecule has 0 N–H and O–H groups in total. The molecule has 1 aromatic carbocycles. The topological polar surface area (TPSA) is 38.4 Å². The maximum Gasteiger partial charge on any atom is 0.454 e. The number of benzene rings is 1. The molecule has 0 aliphatic heterocycles. The molecule has 4 aromatic rings. The Kier molecular flexibility index (Phi) is 6.43. The van der Waals surface area contributed by atoms with Gasteiger partial charge >= 0.3 is 18.3 Å². The van der Waals surface area contributed by atoms with Gasteiger partial charge in [0, 0.05) is 19.3 Å². The van der Waals surface area contributed by atoms with E-state index in [-0.39, 0.29) is 29.4 Å². The first kappa shape index (κ1) is 27.4. The molecule has 0 atom stereocenters. The normalized spacial score (nSPS) is 15.3. The molecule has 1 saturated carbocycles. The molecule has 13 heteroatoms. The summed E-state index contributed by atoms with van der Waals surface area (Å²) in [5.41, 5.74) is 1.63. The van der Waals surface area contributed by atoms with Gasteiger partial charge in [-0.1, -0.05) is 17.7 Å². The van der Waals surface area contributed by atoms with Crippen molar-refractivity contribution in [3.05, 3.63) is 58.5 Å². The molecule has 0 unspecified atom stereocenters. The smallest absolute Gasteiger partial charge is 0.291 e. The summed E-state index contributed by atoms with van der Waals surface area (Å²) in [6, 6.07) is 6.75. The number of pyridine rings is 1. The number of nitrogens with zero attached hydrogens (tertiary/aromatic N) is 5. The third-order valence-corrected chi connectivity index (χ3v) is 6.92. The second-order valence-electron chi connectivity index (χ2n) is 10.3. The van der Waals surface area contributed by atoms with E-state index in [9.17, 15) is 35.1 Å². The second-order valence-corrected chi connectivity index (χ2v) is 10.3. The first-order chi connectivity index (χ1) is 18.1. The van der Waals surface area contributed by atoms with Crippen molar-refractivity contribution in [1.82, 2.24) is 23.8 Å². The lowest BCUT2D eigenvalue weighted by Crippen LogP contribution is -2.47. The van der Waals surface area contributed by atoms with Crippen LogP contribution < -0.4 is 0 Å². The average Bonchev–Trinajstić information content (AvgIpc) is 3.44. The number of alkyl halides is 8. The van der Waals surface area contributed by atoms with E-state index < -0.39 is 42.8 Å². The molecule has 39 heavy (non-hydrogen) atoms. The Bertz CT molecular complexity index is 1520. The van der Waals surface area contributed by atoms with Crippen molar-refractivity contribution in [3.63, 3.8) is 0 Å². The highest BCUT2D eigenvalue weighted by Gasteiger charge is 2.58. The summed E-state index contributed by atoms with van der Waals surface area (Å²) in [5.74, 6) is -5.42. The van der Waals surface area contributed by atoms with Crippen molar-refractivity contribution in [3.8, 4) is 5.69 Å². The summed E-state index contributed by atoms with van der Waals surface area (Å²) in [7, 11) is 0. The molecule has 1 aliphatic rings. The Morgan fingerprint density at radius 1 is 0.974 bits per heavy atom. The molecule has 5 rings (SSSR count). The number of hydrogen-bond donors (Lipinski definition) is 0. The van der Waals surface area contributed by atoms with Crippen molar-refractivity contribution in [2.45, 2.75) is 58.4 Å². The van der Waals surface area contributed by atoms with Crippen LogP contribution in [-0.2, 0) is 12.7 Å². The first-order valence-corrected chi connectivity index (χ1v) is 12.3.